The SMILES string of the molecule is O=C(OC1CCCCCCCCCC1)c1ccccc1C(=O)OC1CCCCCCCCCC1. The first kappa shape index (κ1) is 26.8. The Morgan fingerprint density at radius 1 is 0.471 bits per heavy atom. The van der Waals surface area contributed by atoms with Crippen molar-refractivity contribution in [3.8, 4) is 0 Å². The van der Waals surface area contributed by atoms with E-state index in [2.05, 4.69) is 0 Å². The molecule has 2 saturated carbocycles. The Kier molecular flexibility index (Phi) is 12.6. The molecule has 0 bridgehead atoms. The number of rotatable bonds is 4. The number of carbonyl (C=O) groups is 2. The highest BCUT2D eigenvalue weighted by Gasteiger charge is 2.24. The van der Waals surface area contributed by atoms with Crippen LogP contribution in [-0.4, -0.2) is 24.1 Å². The molecule has 4 heteroatoms. The fourth-order valence-electron chi connectivity index (χ4n) is 5.40. The van der Waals surface area contributed by atoms with E-state index in [1.54, 1.807) is 24.3 Å². The molecule has 0 saturated heterocycles. The van der Waals surface area contributed by atoms with Crippen LogP contribution >= 0.6 is 0 Å². The summed E-state index contributed by atoms with van der Waals surface area (Å²) in [6, 6.07) is 7.03. The zero-order valence-electron chi connectivity index (χ0n) is 21.2. The third-order valence-corrected chi connectivity index (χ3v) is 7.52. The summed E-state index contributed by atoms with van der Waals surface area (Å²) < 4.78 is 11.9. The van der Waals surface area contributed by atoms with Crippen molar-refractivity contribution in [1.29, 1.82) is 0 Å². The van der Waals surface area contributed by atoms with Crippen LogP contribution in [0.2, 0.25) is 0 Å². The van der Waals surface area contributed by atoms with Gasteiger partial charge in [0, 0.05) is 0 Å². The smallest absolute Gasteiger partial charge is 0.339 e. The minimum atomic E-state index is -0.380. The molecule has 2 aliphatic rings. The number of esters is 2. The lowest BCUT2D eigenvalue weighted by atomic mass is 10.0. The zero-order chi connectivity index (χ0) is 23.8. The molecular formula is C30H46O4. The fraction of sp³-hybridized carbons (Fsp3) is 0.733. The first-order chi connectivity index (χ1) is 16.7. The minimum Gasteiger partial charge on any atom is -0.459 e. The number of hydrogen-bond donors (Lipinski definition) is 0. The van der Waals surface area contributed by atoms with Crippen LogP contribution in [0.5, 0.6) is 0 Å². The molecule has 1 aromatic carbocycles. The fourth-order valence-corrected chi connectivity index (χ4v) is 5.40. The molecule has 0 N–H and O–H groups in total. The highest BCUT2D eigenvalue weighted by molar-refractivity contribution is 6.03. The van der Waals surface area contributed by atoms with Gasteiger partial charge in [-0.25, -0.2) is 9.59 Å². The third kappa shape index (κ3) is 9.80. The summed E-state index contributed by atoms with van der Waals surface area (Å²) in [6.07, 6.45) is 23.2. The number of benzene rings is 1. The number of ether oxygens (including phenoxy) is 2. The van der Waals surface area contributed by atoms with E-state index in [9.17, 15) is 9.59 Å². The normalized spacial score (nSPS) is 20.9. The predicted molar refractivity (Wildman–Crippen MR) is 137 cm³/mol. The van der Waals surface area contributed by atoms with Crippen molar-refractivity contribution in [1.82, 2.24) is 0 Å². The second-order valence-corrected chi connectivity index (χ2v) is 10.4. The molecule has 0 amide bonds. The van der Waals surface area contributed by atoms with Gasteiger partial charge in [0.15, 0.2) is 0 Å². The molecule has 0 atom stereocenters. The summed E-state index contributed by atoms with van der Waals surface area (Å²) in [5.41, 5.74) is 0.692. The Labute approximate surface area is 207 Å². The summed E-state index contributed by atoms with van der Waals surface area (Å²) in [5.74, 6) is -0.760. The van der Waals surface area contributed by atoms with Gasteiger partial charge in [-0.15, -0.1) is 0 Å². The lowest BCUT2D eigenvalue weighted by molar-refractivity contribution is 0.0202. The molecule has 0 radical (unpaired) electrons. The van der Waals surface area contributed by atoms with Crippen LogP contribution in [0.4, 0.5) is 0 Å². The highest BCUT2D eigenvalue weighted by Crippen LogP contribution is 2.23. The van der Waals surface area contributed by atoms with Gasteiger partial charge in [-0.05, 0) is 63.5 Å². The second kappa shape index (κ2) is 15.9. The van der Waals surface area contributed by atoms with E-state index >= 15 is 0 Å². The van der Waals surface area contributed by atoms with Crippen LogP contribution in [0.15, 0.2) is 24.3 Å². The topological polar surface area (TPSA) is 52.6 Å². The lowest BCUT2D eigenvalue weighted by Gasteiger charge is -2.20. The number of hydrogen-bond acceptors (Lipinski definition) is 4. The predicted octanol–water partition coefficient (Wildman–Crippen LogP) is 8.57. The van der Waals surface area contributed by atoms with Crippen molar-refractivity contribution in [3.05, 3.63) is 35.4 Å². The van der Waals surface area contributed by atoms with E-state index < -0.39 is 0 Å². The quantitative estimate of drug-likeness (QED) is 0.414. The van der Waals surface area contributed by atoms with Crippen molar-refractivity contribution in [3.63, 3.8) is 0 Å². The van der Waals surface area contributed by atoms with Crippen LogP contribution in [0.25, 0.3) is 0 Å². The largest absolute Gasteiger partial charge is 0.459 e. The molecular weight excluding hydrogens is 424 g/mol. The van der Waals surface area contributed by atoms with E-state index in [0.717, 1.165) is 51.4 Å². The number of carbonyl (C=O) groups excluding carboxylic acids is 2. The average molecular weight is 471 g/mol. The third-order valence-electron chi connectivity index (χ3n) is 7.52. The standard InChI is InChI=1S/C30H46O4/c31-29(33-25-19-13-9-5-1-2-6-10-14-20-25)27-23-17-18-24-28(27)30(32)34-26-21-15-11-7-3-4-8-12-16-22-26/h17-18,23-26H,1-16,19-22H2. The van der Waals surface area contributed by atoms with Crippen molar-refractivity contribution in [2.24, 2.45) is 0 Å². The van der Waals surface area contributed by atoms with Crippen molar-refractivity contribution in [2.45, 2.75) is 141 Å². The van der Waals surface area contributed by atoms with Crippen molar-refractivity contribution >= 4 is 11.9 Å². The first-order valence-corrected chi connectivity index (χ1v) is 14.2. The van der Waals surface area contributed by atoms with E-state index in [1.807, 2.05) is 0 Å². The summed E-state index contributed by atoms with van der Waals surface area (Å²) in [6.45, 7) is 0. The average Bonchev–Trinajstić information content (AvgIpc) is 2.95. The van der Waals surface area contributed by atoms with E-state index in [1.165, 1.54) is 77.0 Å². The molecule has 2 aliphatic carbocycles. The maximum Gasteiger partial charge on any atom is 0.339 e. The molecule has 4 nitrogen and oxygen atoms in total. The molecule has 0 unspecified atom stereocenters. The van der Waals surface area contributed by atoms with Gasteiger partial charge in [-0.2, -0.15) is 0 Å². The molecule has 0 spiro atoms. The Hall–Kier alpha value is -1.84. The summed E-state index contributed by atoms with van der Waals surface area (Å²) in [5, 5.41) is 0. The Bertz CT molecular complexity index is 643. The van der Waals surface area contributed by atoms with Gasteiger partial charge < -0.3 is 9.47 Å². The summed E-state index contributed by atoms with van der Waals surface area (Å²) >= 11 is 0. The molecule has 0 heterocycles. The van der Waals surface area contributed by atoms with Crippen LogP contribution < -0.4 is 0 Å². The van der Waals surface area contributed by atoms with Crippen LogP contribution in [0.3, 0.4) is 0 Å². The molecule has 0 aliphatic heterocycles. The lowest BCUT2D eigenvalue weighted by Crippen LogP contribution is -2.23. The van der Waals surface area contributed by atoms with Gasteiger partial charge in [0.05, 0.1) is 11.1 Å². The zero-order valence-corrected chi connectivity index (χ0v) is 21.2. The summed E-state index contributed by atoms with van der Waals surface area (Å²) in [7, 11) is 0. The van der Waals surface area contributed by atoms with E-state index in [0.29, 0.717) is 11.1 Å². The summed E-state index contributed by atoms with van der Waals surface area (Å²) in [4.78, 5) is 26.3. The molecule has 0 aromatic heterocycles. The van der Waals surface area contributed by atoms with Crippen molar-refractivity contribution < 1.29 is 19.1 Å². The Morgan fingerprint density at radius 3 is 1.03 bits per heavy atom. The molecule has 1 aromatic rings. The Balaban J connectivity index is 1.61. The van der Waals surface area contributed by atoms with Gasteiger partial charge in [-0.3, -0.25) is 0 Å². The van der Waals surface area contributed by atoms with E-state index in [4.69, 9.17) is 9.47 Å². The van der Waals surface area contributed by atoms with Gasteiger partial charge in [0.2, 0.25) is 0 Å². The van der Waals surface area contributed by atoms with Gasteiger partial charge in [0.25, 0.3) is 0 Å². The molecule has 34 heavy (non-hydrogen) atoms. The van der Waals surface area contributed by atoms with E-state index in [-0.39, 0.29) is 24.1 Å². The van der Waals surface area contributed by atoms with Gasteiger partial charge in [-0.1, -0.05) is 89.2 Å². The highest BCUT2D eigenvalue weighted by atomic mass is 16.5. The van der Waals surface area contributed by atoms with Crippen LogP contribution in [0.1, 0.15) is 149 Å². The van der Waals surface area contributed by atoms with Crippen LogP contribution in [0, 0.1) is 0 Å². The Morgan fingerprint density at radius 2 is 0.735 bits per heavy atom. The maximum absolute atomic E-state index is 13.1. The van der Waals surface area contributed by atoms with Crippen LogP contribution in [-0.2, 0) is 9.47 Å². The first-order valence-electron chi connectivity index (χ1n) is 14.2. The maximum atomic E-state index is 13.1. The van der Waals surface area contributed by atoms with Gasteiger partial charge >= 0.3 is 11.9 Å². The second-order valence-electron chi connectivity index (χ2n) is 10.4. The van der Waals surface area contributed by atoms with Crippen molar-refractivity contribution in [2.75, 3.05) is 0 Å². The molecule has 3 rings (SSSR count). The molecule has 2 fully saturated rings. The minimum absolute atomic E-state index is 0.0584. The monoisotopic (exact) mass is 470 g/mol. The van der Waals surface area contributed by atoms with Gasteiger partial charge in [0.1, 0.15) is 12.2 Å². The molecule has 190 valence electrons.